The van der Waals surface area contributed by atoms with Crippen LogP contribution in [0, 0.1) is 5.92 Å². The Balaban J connectivity index is 1.86. The number of hydrogen-bond donors (Lipinski definition) is 0. The molecule has 0 radical (unpaired) electrons. The number of piperidine rings is 1. The first-order valence-corrected chi connectivity index (χ1v) is 12.1. The van der Waals surface area contributed by atoms with E-state index in [0.717, 1.165) is 52.0 Å². The number of nitrogens with zero attached hydrogens (tertiary/aromatic N) is 1. The molecule has 1 atom stereocenters. The topological polar surface area (TPSA) is 38.8 Å². The van der Waals surface area contributed by atoms with Gasteiger partial charge in [-0.2, -0.15) is 0 Å². The highest BCUT2D eigenvalue weighted by Crippen LogP contribution is 2.38. The van der Waals surface area contributed by atoms with Crippen molar-refractivity contribution >= 4 is 14.2 Å². The molecule has 0 saturated carbocycles. The first-order chi connectivity index (χ1) is 10.7. The smallest absolute Gasteiger partial charge is 0.222 e. The molecule has 2 aliphatic rings. The van der Waals surface area contributed by atoms with Gasteiger partial charge >= 0.3 is 0 Å². The average Bonchev–Trinajstić information content (AvgIpc) is 2.47. The van der Waals surface area contributed by atoms with Gasteiger partial charge in [-0.05, 0) is 49.7 Å². The molecule has 0 aromatic heterocycles. The second-order valence-corrected chi connectivity index (χ2v) is 13.5. The van der Waals surface area contributed by atoms with E-state index in [-0.39, 0.29) is 11.1 Å². The van der Waals surface area contributed by atoms with Crippen molar-refractivity contribution in [3.05, 3.63) is 0 Å². The standard InChI is InChI=1S/C18H35NO3Si/c1-18(2,3)23(4,5)22-16-7-6-10-19(14-16)17(20)13-15-8-11-21-12-9-15/h15-16H,6-14H2,1-5H3. The number of carbonyl (C=O) groups is 1. The molecule has 1 amide bonds. The van der Waals surface area contributed by atoms with Gasteiger partial charge in [0.15, 0.2) is 8.32 Å². The highest BCUT2D eigenvalue weighted by Gasteiger charge is 2.40. The van der Waals surface area contributed by atoms with Crippen molar-refractivity contribution in [2.45, 2.75) is 77.1 Å². The molecule has 2 aliphatic heterocycles. The summed E-state index contributed by atoms with van der Waals surface area (Å²) in [5.74, 6) is 0.832. The third-order valence-electron chi connectivity index (χ3n) is 5.80. The van der Waals surface area contributed by atoms with Crippen LogP contribution in [0.2, 0.25) is 18.1 Å². The molecule has 23 heavy (non-hydrogen) atoms. The largest absolute Gasteiger partial charge is 0.412 e. The van der Waals surface area contributed by atoms with Crippen LogP contribution >= 0.6 is 0 Å². The Morgan fingerprint density at radius 1 is 1.22 bits per heavy atom. The SMILES string of the molecule is CC(C)(C)[Si](C)(C)OC1CCCN(C(=O)CC2CCOCC2)C1. The summed E-state index contributed by atoms with van der Waals surface area (Å²) in [7, 11) is -1.75. The van der Waals surface area contributed by atoms with Gasteiger partial charge in [-0.1, -0.05) is 20.8 Å². The Morgan fingerprint density at radius 3 is 2.48 bits per heavy atom. The lowest BCUT2D eigenvalue weighted by molar-refractivity contribution is -0.135. The van der Waals surface area contributed by atoms with Crippen LogP contribution in [-0.4, -0.2) is 51.5 Å². The minimum absolute atomic E-state index is 0.224. The van der Waals surface area contributed by atoms with E-state index >= 15 is 0 Å². The van der Waals surface area contributed by atoms with Crippen LogP contribution < -0.4 is 0 Å². The second kappa shape index (κ2) is 7.66. The van der Waals surface area contributed by atoms with E-state index in [2.05, 4.69) is 38.8 Å². The molecule has 5 heteroatoms. The fraction of sp³-hybridized carbons (Fsp3) is 0.944. The number of hydrogen-bond acceptors (Lipinski definition) is 3. The molecule has 0 N–H and O–H groups in total. The lowest BCUT2D eigenvalue weighted by Gasteiger charge is -2.42. The van der Waals surface area contributed by atoms with Crippen LogP contribution in [0.25, 0.3) is 0 Å². The van der Waals surface area contributed by atoms with E-state index in [1.54, 1.807) is 0 Å². The first kappa shape index (κ1) is 18.9. The summed E-state index contributed by atoms with van der Waals surface area (Å²) in [6.45, 7) is 14.7. The quantitative estimate of drug-likeness (QED) is 0.730. The highest BCUT2D eigenvalue weighted by molar-refractivity contribution is 6.74. The Hall–Kier alpha value is -0.393. The molecule has 0 aliphatic carbocycles. The summed E-state index contributed by atoms with van der Waals surface area (Å²) >= 11 is 0. The van der Waals surface area contributed by atoms with E-state index in [0.29, 0.717) is 18.2 Å². The van der Waals surface area contributed by atoms with E-state index in [1.165, 1.54) is 0 Å². The molecule has 4 nitrogen and oxygen atoms in total. The summed E-state index contributed by atoms with van der Waals surface area (Å²) in [6, 6.07) is 0. The molecule has 1 unspecified atom stereocenters. The zero-order chi connectivity index (χ0) is 17.1. The van der Waals surface area contributed by atoms with Gasteiger partial charge in [-0.15, -0.1) is 0 Å². The van der Waals surface area contributed by atoms with E-state index in [4.69, 9.17) is 9.16 Å². The van der Waals surface area contributed by atoms with Gasteiger partial charge in [0.1, 0.15) is 0 Å². The van der Waals surface area contributed by atoms with Crippen molar-refractivity contribution in [1.82, 2.24) is 4.90 Å². The maximum atomic E-state index is 12.6. The molecule has 2 heterocycles. The molecule has 134 valence electrons. The van der Waals surface area contributed by atoms with Crippen molar-refractivity contribution in [3.63, 3.8) is 0 Å². The van der Waals surface area contributed by atoms with Crippen LogP contribution in [0.3, 0.4) is 0 Å². The molecule has 0 aromatic rings. The number of carbonyl (C=O) groups excluding carboxylic acids is 1. The third-order valence-corrected chi connectivity index (χ3v) is 10.3. The van der Waals surface area contributed by atoms with Gasteiger partial charge in [-0.3, -0.25) is 4.79 Å². The lowest BCUT2D eigenvalue weighted by Crippen LogP contribution is -2.50. The van der Waals surface area contributed by atoms with Gasteiger partial charge in [0.05, 0.1) is 6.10 Å². The Labute approximate surface area is 143 Å². The maximum Gasteiger partial charge on any atom is 0.222 e. The molecule has 2 rings (SSSR count). The molecule has 0 aromatic carbocycles. The molecule has 2 saturated heterocycles. The maximum absolute atomic E-state index is 12.6. The molecular formula is C18H35NO3Si. The zero-order valence-corrected chi connectivity index (χ0v) is 16.7. The predicted molar refractivity (Wildman–Crippen MR) is 96.0 cm³/mol. The monoisotopic (exact) mass is 341 g/mol. The lowest BCUT2D eigenvalue weighted by atomic mass is 9.95. The van der Waals surface area contributed by atoms with Crippen LogP contribution in [-0.2, 0) is 14.0 Å². The van der Waals surface area contributed by atoms with E-state index < -0.39 is 8.32 Å². The van der Waals surface area contributed by atoms with Crippen LogP contribution in [0.5, 0.6) is 0 Å². The van der Waals surface area contributed by atoms with Gasteiger partial charge < -0.3 is 14.1 Å². The van der Waals surface area contributed by atoms with E-state index in [9.17, 15) is 4.79 Å². The van der Waals surface area contributed by atoms with Gasteiger partial charge in [0.2, 0.25) is 5.91 Å². The molecule has 0 bridgehead atoms. The number of ether oxygens (including phenoxy) is 1. The average molecular weight is 342 g/mol. The van der Waals surface area contributed by atoms with E-state index in [1.807, 2.05) is 0 Å². The van der Waals surface area contributed by atoms with Crippen LogP contribution in [0.1, 0.15) is 52.9 Å². The Morgan fingerprint density at radius 2 is 1.87 bits per heavy atom. The second-order valence-electron chi connectivity index (χ2n) is 8.74. The highest BCUT2D eigenvalue weighted by atomic mass is 28.4. The molecule has 2 fully saturated rings. The molecular weight excluding hydrogens is 306 g/mol. The van der Waals surface area contributed by atoms with Crippen molar-refractivity contribution in [3.8, 4) is 0 Å². The normalized spacial score (nSPS) is 24.7. The van der Waals surface area contributed by atoms with Crippen LogP contribution in [0.15, 0.2) is 0 Å². The van der Waals surface area contributed by atoms with Crippen molar-refractivity contribution in [2.24, 2.45) is 5.92 Å². The summed E-state index contributed by atoms with van der Waals surface area (Å²) < 4.78 is 11.9. The molecule has 0 spiro atoms. The first-order valence-electron chi connectivity index (χ1n) is 9.22. The summed E-state index contributed by atoms with van der Waals surface area (Å²) in [4.78, 5) is 14.7. The van der Waals surface area contributed by atoms with Gasteiger partial charge in [0, 0.05) is 32.7 Å². The van der Waals surface area contributed by atoms with Gasteiger partial charge in [0.25, 0.3) is 0 Å². The fourth-order valence-electron chi connectivity index (χ4n) is 3.18. The van der Waals surface area contributed by atoms with Gasteiger partial charge in [-0.25, -0.2) is 0 Å². The minimum Gasteiger partial charge on any atom is -0.412 e. The number of amides is 1. The summed E-state index contributed by atoms with van der Waals surface area (Å²) in [6.07, 6.45) is 5.14. The Bertz CT molecular complexity index is 400. The number of likely N-dealkylation sites (tertiary alicyclic amines) is 1. The minimum atomic E-state index is -1.75. The fourth-order valence-corrected chi connectivity index (χ4v) is 4.56. The Kier molecular flexibility index (Phi) is 6.31. The number of rotatable bonds is 4. The van der Waals surface area contributed by atoms with Crippen molar-refractivity contribution < 1.29 is 14.0 Å². The van der Waals surface area contributed by atoms with Crippen molar-refractivity contribution in [1.29, 1.82) is 0 Å². The summed E-state index contributed by atoms with van der Waals surface area (Å²) in [5, 5.41) is 0.224. The predicted octanol–water partition coefficient (Wildman–Crippen LogP) is 3.82. The zero-order valence-electron chi connectivity index (χ0n) is 15.7. The summed E-state index contributed by atoms with van der Waals surface area (Å²) in [5.41, 5.74) is 0. The third kappa shape index (κ3) is 5.30. The van der Waals surface area contributed by atoms with Crippen molar-refractivity contribution in [2.75, 3.05) is 26.3 Å². The van der Waals surface area contributed by atoms with Crippen LogP contribution in [0.4, 0.5) is 0 Å².